The van der Waals surface area contributed by atoms with Crippen molar-refractivity contribution in [3.05, 3.63) is 64.2 Å². The van der Waals surface area contributed by atoms with Gasteiger partial charge in [-0.25, -0.2) is 9.37 Å². The summed E-state index contributed by atoms with van der Waals surface area (Å²) in [5.41, 5.74) is 1.02. The van der Waals surface area contributed by atoms with Crippen LogP contribution in [0.1, 0.15) is 9.67 Å². The fraction of sp³-hybridized carbons (Fsp3) is 0.0526. The summed E-state index contributed by atoms with van der Waals surface area (Å²) in [7, 11) is 1.55. The Morgan fingerprint density at radius 1 is 1.19 bits per heavy atom. The summed E-state index contributed by atoms with van der Waals surface area (Å²) < 4.78 is 18.5. The second kappa shape index (κ2) is 6.55. The van der Waals surface area contributed by atoms with E-state index in [9.17, 15) is 9.18 Å². The fourth-order valence-electron chi connectivity index (χ4n) is 2.67. The Morgan fingerprint density at radius 2 is 2.04 bits per heavy atom. The molecule has 0 aliphatic carbocycles. The first-order valence-corrected chi connectivity index (χ1v) is 8.88. The topological polar surface area (TPSA) is 51.2 Å². The normalized spacial score (nSPS) is 11.0. The first kappa shape index (κ1) is 16.8. The number of ether oxygens (including phenoxy) is 1. The lowest BCUT2D eigenvalue weighted by atomic mass is 10.2. The van der Waals surface area contributed by atoms with E-state index in [1.807, 2.05) is 12.1 Å². The molecule has 1 amide bonds. The summed E-state index contributed by atoms with van der Waals surface area (Å²) in [5.74, 6) is -0.173. The zero-order valence-corrected chi connectivity index (χ0v) is 15.1. The summed E-state index contributed by atoms with van der Waals surface area (Å²) in [5, 5.41) is 4.83. The minimum atomic E-state index is -0.407. The molecular formula is C19H12ClFN2O2S. The van der Waals surface area contributed by atoms with Gasteiger partial charge in [-0.3, -0.25) is 4.79 Å². The maximum absolute atomic E-state index is 13.3. The Balaban J connectivity index is 1.73. The van der Waals surface area contributed by atoms with Crippen LogP contribution in [0.3, 0.4) is 0 Å². The van der Waals surface area contributed by atoms with E-state index in [2.05, 4.69) is 10.3 Å². The number of methoxy groups -OCH3 is 1. The average Bonchev–Trinajstić information content (AvgIpc) is 3.04. The molecule has 0 aliphatic heterocycles. The largest absolute Gasteiger partial charge is 0.495 e. The minimum Gasteiger partial charge on any atom is -0.495 e. The number of pyridine rings is 1. The highest BCUT2D eigenvalue weighted by Gasteiger charge is 2.14. The first-order valence-electron chi connectivity index (χ1n) is 7.69. The number of halogens is 2. The minimum absolute atomic E-state index is 0.314. The van der Waals surface area contributed by atoms with Crippen LogP contribution in [-0.2, 0) is 0 Å². The van der Waals surface area contributed by atoms with Gasteiger partial charge >= 0.3 is 0 Å². The molecule has 130 valence electrons. The van der Waals surface area contributed by atoms with Crippen LogP contribution in [0.5, 0.6) is 5.75 Å². The van der Waals surface area contributed by atoms with Crippen molar-refractivity contribution < 1.29 is 13.9 Å². The summed E-state index contributed by atoms with van der Waals surface area (Å²) in [6, 6.07) is 13.1. The summed E-state index contributed by atoms with van der Waals surface area (Å²) in [6.45, 7) is 0. The molecule has 0 bridgehead atoms. The number of benzene rings is 2. The van der Waals surface area contributed by atoms with Gasteiger partial charge in [0, 0.05) is 16.5 Å². The molecule has 0 fully saturated rings. The number of hydrogen-bond acceptors (Lipinski definition) is 4. The second-order valence-corrected chi connectivity index (χ2v) is 7.02. The molecule has 2 heterocycles. The first-order chi connectivity index (χ1) is 12.5. The van der Waals surface area contributed by atoms with Gasteiger partial charge in [-0.15, -0.1) is 11.3 Å². The number of amides is 1. The van der Waals surface area contributed by atoms with Gasteiger partial charge in [-0.2, -0.15) is 0 Å². The Kier molecular flexibility index (Phi) is 4.22. The molecule has 2 aromatic carbocycles. The Hall–Kier alpha value is -2.70. The van der Waals surface area contributed by atoms with Crippen molar-refractivity contribution in [3.8, 4) is 5.75 Å². The Labute approximate surface area is 157 Å². The van der Waals surface area contributed by atoms with Gasteiger partial charge in [0.25, 0.3) is 5.91 Å². The van der Waals surface area contributed by atoms with Gasteiger partial charge in [0.2, 0.25) is 0 Å². The Morgan fingerprint density at radius 3 is 2.81 bits per heavy atom. The highest BCUT2D eigenvalue weighted by Crippen LogP contribution is 2.35. The molecule has 0 atom stereocenters. The molecule has 26 heavy (non-hydrogen) atoms. The van der Waals surface area contributed by atoms with Crippen LogP contribution in [0.2, 0.25) is 5.02 Å². The molecule has 0 saturated carbocycles. The van der Waals surface area contributed by atoms with Gasteiger partial charge < -0.3 is 10.1 Å². The molecule has 0 aliphatic rings. The maximum atomic E-state index is 13.3. The average molecular weight is 387 g/mol. The van der Waals surface area contributed by atoms with Gasteiger partial charge in [0.05, 0.1) is 17.5 Å². The smallest absolute Gasteiger partial charge is 0.265 e. The van der Waals surface area contributed by atoms with Crippen LogP contribution in [-0.4, -0.2) is 18.0 Å². The van der Waals surface area contributed by atoms with Crippen molar-refractivity contribution in [2.24, 2.45) is 0 Å². The van der Waals surface area contributed by atoms with E-state index in [0.717, 1.165) is 10.8 Å². The van der Waals surface area contributed by atoms with E-state index in [1.165, 1.54) is 23.5 Å². The van der Waals surface area contributed by atoms with Crippen molar-refractivity contribution in [1.29, 1.82) is 0 Å². The molecule has 0 saturated heterocycles. The van der Waals surface area contributed by atoms with Gasteiger partial charge in [-0.05, 0) is 42.5 Å². The van der Waals surface area contributed by atoms with Gasteiger partial charge in [-0.1, -0.05) is 17.7 Å². The highest BCUT2D eigenvalue weighted by molar-refractivity contribution is 7.20. The second-order valence-electron chi connectivity index (χ2n) is 5.61. The van der Waals surface area contributed by atoms with E-state index in [1.54, 1.807) is 31.4 Å². The molecule has 0 radical (unpaired) electrons. The summed E-state index contributed by atoms with van der Waals surface area (Å²) in [4.78, 5) is 18.2. The van der Waals surface area contributed by atoms with Crippen molar-refractivity contribution in [1.82, 2.24) is 4.98 Å². The molecule has 0 spiro atoms. The Bertz CT molecular complexity index is 1160. The third-order valence-corrected chi connectivity index (χ3v) is 5.31. The van der Waals surface area contributed by atoms with E-state index in [0.29, 0.717) is 31.7 Å². The lowest BCUT2D eigenvalue weighted by molar-refractivity contribution is 0.103. The van der Waals surface area contributed by atoms with Crippen LogP contribution in [0.4, 0.5) is 10.1 Å². The van der Waals surface area contributed by atoms with E-state index >= 15 is 0 Å². The van der Waals surface area contributed by atoms with Gasteiger partial charge in [0.1, 0.15) is 21.4 Å². The van der Waals surface area contributed by atoms with Gasteiger partial charge in [0.15, 0.2) is 0 Å². The van der Waals surface area contributed by atoms with Crippen molar-refractivity contribution in [2.45, 2.75) is 0 Å². The van der Waals surface area contributed by atoms with E-state index in [-0.39, 0.29) is 5.91 Å². The number of carbonyl (C=O) groups excluding carboxylic acids is 1. The van der Waals surface area contributed by atoms with Crippen molar-refractivity contribution in [3.63, 3.8) is 0 Å². The number of thiophene rings is 1. The molecule has 2 aromatic heterocycles. The number of anilines is 1. The lowest BCUT2D eigenvalue weighted by Gasteiger charge is -2.05. The number of nitrogens with one attached hydrogen (secondary N) is 1. The molecular weight excluding hydrogens is 375 g/mol. The van der Waals surface area contributed by atoms with E-state index in [4.69, 9.17) is 16.3 Å². The predicted molar refractivity (Wildman–Crippen MR) is 103 cm³/mol. The molecule has 4 rings (SSSR count). The standard InChI is InChI=1S/C19H12ClFN2O2S/c1-25-14-6-5-10-7-11-8-15(26-19(11)23-17(10)16(14)20)18(24)22-13-4-2-3-12(21)9-13/h2-9H,1H3,(H,22,24). The molecule has 7 heteroatoms. The molecule has 4 aromatic rings. The zero-order chi connectivity index (χ0) is 18.3. The number of rotatable bonds is 3. The van der Waals surface area contributed by atoms with Crippen molar-refractivity contribution in [2.75, 3.05) is 12.4 Å². The maximum Gasteiger partial charge on any atom is 0.265 e. The highest BCUT2D eigenvalue weighted by atomic mass is 35.5. The predicted octanol–water partition coefficient (Wildman–Crippen LogP) is 5.50. The number of fused-ring (bicyclic) bond motifs is 2. The molecule has 1 N–H and O–H groups in total. The lowest BCUT2D eigenvalue weighted by Crippen LogP contribution is -2.09. The number of hydrogen-bond donors (Lipinski definition) is 1. The molecule has 4 nitrogen and oxygen atoms in total. The zero-order valence-electron chi connectivity index (χ0n) is 13.5. The number of aromatic nitrogens is 1. The summed E-state index contributed by atoms with van der Waals surface area (Å²) >= 11 is 7.59. The van der Waals surface area contributed by atoms with Crippen LogP contribution in [0.25, 0.3) is 21.1 Å². The monoisotopic (exact) mass is 386 g/mol. The number of nitrogens with zero attached hydrogens (tertiary/aromatic N) is 1. The van der Waals surface area contributed by atoms with E-state index < -0.39 is 5.82 Å². The fourth-order valence-corrected chi connectivity index (χ4v) is 3.88. The third-order valence-electron chi connectivity index (χ3n) is 3.90. The van der Waals surface area contributed by atoms with Crippen LogP contribution in [0.15, 0.2) is 48.5 Å². The molecule has 0 unspecified atom stereocenters. The van der Waals surface area contributed by atoms with Crippen molar-refractivity contribution >= 4 is 55.7 Å². The van der Waals surface area contributed by atoms with Crippen LogP contribution >= 0.6 is 22.9 Å². The quantitative estimate of drug-likeness (QED) is 0.505. The van der Waals surface area contributed by atoms with Crippen LogP contribution in [0, 0.1) is 5.82 Å². The summed E-state index contributed by atoms with van der Waals surface area (Å²) in [6.07, 6.45) is 0. The number of carbonyl (C=O) groups is 1. The van der Waals surface area contributed by atoms with Crippen LogP contribution < -0.4 is 10.1 Å². The SMILES string of the molecule is COc1ccc2cc3cc(C(=O)Nc4cccc(F)c4)sc3nc2c1Cl. The third kappa shape index (κ3) is 2.98.